The zero-order valence-corrected chi connectivity index (χ0v) is 11.3. The number of carbonyl (C=O) groups excluding carboxylic acids is 1. The number of carbonyl (C=O) groups is 1. The third kappa shape index (κ3) is 1.93. The van der Waals surface area contributed by atoms with Crippen LogP contribution in [0.4, 0.5) is 5.69 Å². The number of esters is 1. The third-order valence-corrected chi connectivity index (χ3v) is 2.67. The second-order valence-electron chi connectivity index (χ2n) is 4.30. The summed E-state index contributed by atoms with van der Waals surface area (Å²) in [4.78, 5) is 19.7. The van der Waals surface area contributed by atoms with Crippen molar-refractivity contribution in [3.05, 3.63) is 28.2 Å². The number of ether oxygens (including phenoxy) is 1. The Morgan fingerprint density at radius 2 is 2.16 bits per heavy atom. The highest BCUT2D eigenvalue weighted by Gasteiger charge is 2.25. The van der Waals surface area contributed by atoms with Gasteiger partial charge in [0.1, 0.15) is 11.4 Å². The lowest BCUT2D eigenvalue weighted by molar-refractivity contribution is 0.0530. The lowest BCUT2D eigenvalue weighted by atomic mass is 10.2. The van der Waals surface area contributed by atoms with Crippen LogP contribution in [-0.2, 0) is 4.74 Å². The molecule has 0 amide bonds. The van der Waals surface area contributed by atoms with Crippen LogP contribution in [0.5, 0.6) is 0 Å². The Bertz CT molecular complexity index is 748. The zero-order valence-electron chi connectivity index (χ0n) is 11.3. The first-order valence-corrected chi connectivity index (χ1v) is 5.92. The van der Waals surface area contributed by atoms with E-state index < -0.39 is 5.97 Å². The van der Waals surface area contributed by atoms with Crippen molar-refractivity contribution in [3.63, 3.8) is 0 Å². The van der Waals surface area contributed by atoms with Crippen molar-refractivity contribution in [1.82, 2.24) is 14.6 Å². The summed E-state index contributed by atoms with van der Waals surface area (Å²) < 4.78 is 6.55. The summed E-state index contributed by atoms with van der Waals surface area (Å²) in [6, 6.07) is 0. The minimum absolute atomic E-state index is 0.202. The number of fused-ring (bicyclic) bond motifs is 1. The molecule has 19 heavy (non-hydrogen) atoms. The standard InChI is InChI=1S/C13H14N4O2/c1-6-19-13(18)9-10(14-5)11(7(2)3)17-12(9)15-8(4)16-17/h6H2,1-4H3. The van der Waals surface area contributed by atoms with E-state index in [1.54, 1.807) is 18.4 Å². The Morgan fingerprint density at radius 1 is 1.47 bits per heavy atom. The van der Waals surface area contributed by atoms with E-state index in [0.717, 1.165) is 5.57 Å². The fourth-order valence-electron chi connectivity index (χ4n) is 2.01. The Morgan fingerprint density at radius 3 is 2.68 bits per heavy atom. The molecule has 0 aromatic carbocycles. The molecule has 2 aromatic rings. The van der Waals surface area contributed by atoms with Crippen molar-refractivity contribution in [2.75, 3.05) is 6.61 Å². The molecule has 0 N–H and O–H groups in total. The van der Waals surface area contributed by atoms with Gasteiger partial charge in [0.05, 0.1) is 18.5 Å². The number of aryl methyl sites for hydroxylation is 1. The van der Waals surface area contributed by atoms with Gasteiger partial charge in [-0.15, -0.1) is 0 Å². The number of hydrogen-bond donors (Lipinski definition) is 0. The van der Waals surface area contributed by atoms with Crippen molar-refractivity contribution in [1.29, 1.82) is 0 Å². The van der Waals surface area contributed by atoms with Crippen LogP contribution >= 0.6 is 0 Å². The minimum Gasteiger partial charge on any atom is -0.463 e. The van der Waals surface area contributed by atoms with Crippen LogP contribution in [0.2, 0.25) is 0 Å². The molecule has 0 aliphatic heterocycles. The van der Waals surface area contributed by atoms with E-state index in [9.17, 15) is 4.79 Å². The van der Waals surface area contributed by atoms with Gasteiger partial charge in [-0.25, -0.2) is 19.1 Å². The SMILES string of the molecule is [C-]#[N+]c1c(C(=O)OCC)c2nc(C)nn2c1=C(C)C. The van der Waals surface area contributed by atoms with Crippen molar-refractivity contribution < 1.29 is 9.53 Å². The average molecular weight is 258 g/mol. The van der Waals surface area contributed by atoms with Gasteiger partial charge in [0.15, 0.2) is 5.65 Å². The summed E-state index contributed by atoms with van der Waals surface area (Å²) in [5.41, 5.74) is 1.75. The normalized spacial score (nSPS) is 10.5. The highest BCUT2D eigenvalue weighted by molar-refractivity contribution is 6.03. The van der Waals surface area contributed by atoms with Gasteiger partial charge < -0.3 is 4.74 Å². The minimum atomic E-state index is -0.529. The summed E-state index contributed by atoms with van der Waals surface area (Å²) >= 11 is 0. The summed E-state index contributed by atoms with van der Waals surface area (Å²) in [7, 11) is 0. The maximum Gasteiger partial charge on any atom is 0.331 e. The monoisotopic (exact) mass is 258 g/mol. The molecule has 0 atom stereocenters. The first-order valence-electron chi connectivity index (χ1n) is 5.92. The molecule has 0 fully saturated rings. The highest BCUT2D eigenvalue weighted by Crippen LogP contribution is 2.22. The quantitative estimate of drug-likeness (QED) is 0.607. The lowest BCUT2D eigenvalue weighted by Crippen LogP contribution is -2.12. The van der Waals surface area contributed by atoms with Gasteiger partial charge in [0.25, 0.3) is 0 Å². The fourth-order valence-corrected chi connectivity index (χ4v) is 2.01. The molecule has 0 radical (unpaired) electrons. The van der Waals surface area contributed by atoms with Crippen molar-refractivity contribution in [2.24, 2.45) is 0 Å². The van der Waals surface area contributed by atoms with Crippen LogP contribution < -0.4 is 5.35 Å². The van der Waals surface area contributed by atoms with E-state index in [4.69, 9.17) is 11.3 Å². The van der Waals surface area contributed by atoms with Gasteiger partial charge in [-0.05, 0) is 27.7 Å². The predicted molar refractivity (Wildman–Crippen MR) is 69.9 cm³/mol. The summed E-state index contributed by atoms with van der Waals surface area (Å²) in [6.45, 7) is 14.8. The van der Waals surface area contributed by atoms with E-state index in [0.29, 0.717) is 16.8 Å². The molecule has 0 aliphatic rings. The van der Waals surface area contributed by atoms with Crippen LogP contribution in [0, 0.1) is 13.5 Å². The third-order valence-electron chi connectivity index (χ3n) is 2.67. The Hall–Kier alpha value is -2.42. The Labute approximate surface area is 110 Å². The maximum absolute atomic E-state index is 12.0. The molecule has 98 valence electrons. The van der Waals surface area contributed by atoms with Crippen LogP contribution in [0.1, 0.15) is 37.0 Å². The highest BCUT2D eigenvalue weighted by atomic mass is 16.5. The molecule has 6 heteroatoms. The average Bonchev–Trinajstić information content (AvgIpc) is 2.82. The van der Waals surface area contributed by atoms with Crippen molar-refractivity contribution >= 4 is 22.9 Å². The molecule has 0 saturated heterocycles. The van der Waals surface area contributed by atoms with Gasteiger partial charge in [-0.2, -0.15) is 5.10 Å². The number of rotatable bonds is 2. The number of hydrogen-bond acceptors (Lipinski definition) is 4. The molecule has 6 nitrogen and oxygen atoms in total. The molecule has 2 heterocycles. The van der Waals surface area contributed by atoms with Gasteiger partial charge in [-0.1, -0.05) is 5.57 Å². The van der Waals surface area contributed by atoms with Crippen LogP contribution in [0.3, 0.4) is 0 Å². The van der Waals surface area contributed by atoms with Crippen LogP contribution in [0.15, 0.2) is 0 Å². The number of nitrogens with zero attached hydrogens (tertiary/aromatic N) is 4. The van der Waals surface area contributed by atoms with Gasteiger partial charge in [-0.3, -0.25) is 0 Å². The molecule has 2 aromatic heterocycles. The lowest BCUT2D eigenvalue weighted by Gasteiger charge is -1.99. The van der Waals surface area contributed by atoms with Crippen molar-refractivity contribution in [2.45, 2.75) is 27.7 Å². The summed E-state index contributed by atoms with van der Waals surface area (Å²) in [5, 5.41) is 4.86. The summed E-state index contributed by atoms with van der Waals surface area (Å²) in [6.07, 6.45) is 0. The molecule has 2 rings (SSSR count). The first-order chi connectivity index (χ1) is 9.01. The second-order valence-corrected chi connectivity index (χ2v) is 4.30. The Balaban J connectivity index is 2.94. The fraction of sp³-hybridized carbons (Fsp3) is 0.385. The predicted octanol–water partition coefficient (Wildman–Crippen LogP) is 1.67. The van der Waals surface area contributed by atoms with E-state index in [1.165, 1.54) is 0 Å². The molecule has 0 spiro atoms. The van der Waals surface area contributed by atoms with Crippen LogP contribution in [-0.4, -0.2) is 27.2 Å². The second kappa shape index (κ2) is 4.69. The van der Waals surface area contributed by atoms with Gasteiger partial charge in [0, 0.05) is 0 Å². The van der Waals surface area contributed by atoms with Gasteiger partial charge in [0.2, 0.25) is 5.69 Å². The molecule has 0 aliphatic carbocycles. The largest absolute Gasteiger partial charge is 0.463 e. The topological polar surface area (TPSA) is 60.8 Å². The number of aromatic nitrogens is 3. The van der Waals surface area contributed by atoms with Gasteiger partial charge >= 0.3 is 5.97 Å². The van der Waals surface area contributed by atoms with E-state index in [-0.39, 0.29) is 17.9 Å². The molecular formula is C13H14N4O2. The van der Waals surface area contributed by atoms with E-state index in [1.807, 2.05) is 13.8 Å². The Kier molecular flexibility index (Phi) is 3.21. The molecule has 0 bridgehead atoms. The van der Waals surface area contributed by atoms with E-state index >= 15 is 0 Å². The van der Waals surface area contributed by atoms with Crippen LogP contribution in [0.25, 0.3) is 16.1 Å². The maximum atomic E-state index is 12.0. The zero-order chi connectivity index (χ0) is 14.2. The van der Waals surface area contributed by atoms with E-state index in [2.05, 4.69) is 14.9 Å². The molecule has 0 saturated carbocycles. The first kappa shape index (κ1) is 13.0. The van der Waals surface area contributed by atoms with Crippen molar-refractivity contribution in [3.8, 4) is 0 Å². The molecule has 0 unspecified atom stereocenters. The smallest absolute Gasteiger partial charge is 0.331 e. The molecular weight excluding hydrogens is 244 g/mol. The summed E-state index contributed by atoms with van der Waals surface area (Å²) in [5.74, 6) is 0.0259.